The molecule has 0 aliphatic rings. The van der Waals surface area contributed by atoms with Crippen molar-refractivity contribution >= 4 is 17.1 Å². The zero-order valence-electron chi connectivity index (χ0n) is 7.71. The van der Waals surface area contributed by atoms with E-state index in [1.807, 2.05) is 6.07 Å². The fourth-order valence-electron chi connectivity index (χ4n) is 1.01. The summed E-state index contributed by atoms with van der Waals surface area (Å²) in [6, 6.07) is 5.37. The smallest absolute Gasteiger partial charge is 0.0635 e. The van der Waals surface area contributed by atoms with Crippen LogP contribution in [0.3, 0.4) is 0 Å². The Labute approximate surface area is 77.9 Å². The Morgan fingerprint density at radius 1 is 1.38 bits per heavy atom. The third kappa shape index (κ3) is 2.83. The molecule has 1 rings (SSSR count). The molecule has 5 N–H and O–H groups in total. The second kappa shape index (κ2) is 4.57. The molecular formula is C9H15N3O. The second-order valence-electron chi connectivity index (χ2n) is 2.77. The van der Waals surface area contributed by atoms with Crippen LogP contribution in [0.15, 0.2) is 18.2 Å². The van der Waals surface area contributed by atoms with Crippen molar-refractivity contribution in [3.63, 3.8) is 0 Å². The number of ether oxygens (including phenoxy) is 1. The number of anilines is 3. The predicted octanol–water partition coefficient (Wildman–Crippen LogP) is 0.909. The highest BCUT2D eigenvalue weighted by Crippen LogP contribution is 2.20. The van der Waals surface area contributed by atoms with Gasteiger partial charge in [0.25, 0.3) is 0 Å². The molecule has 0 saturated carbocycles. The summed E-state index contributed by atoms with van der Waals surface area (Å²) in [4.78, 5) is 0. The van der Waals surface area contributed by atoms with Gasteiger partial charge in [-0.3, -0.25) is 0 Å². The molecule has 0 radical (unpaired) electrons. The normalized spacial score (nSPS) is 9.92. The summed E-state index contributed by atoms with van der Waals surface area (Å²) in [6.45, 7) is 1.37. The number of nitrogens with one attached hydrogen (secondary N) is 1. The van der Waals surface area contributed by atoms with Gasteiger partial charge in [0.15, 0.2) is 0 Å². The summed E-state index contributed by atoms with van der Waals surface area (Å²) in [6.07, 6.45) is 0. The molecule has 0 atom stereocenters. The SMILES string of the molecule is COCCNc1cc(N)ccc1N. The van der Waals surface area contributed by atoms with E-state index in [0.29, 0.717) is 18.0 Å². The summed E-state index contributed by atoms with van der Waals surface area (Å²) in [7, 11) is 1.66. The first kappa shape index (κ1) is 9.67. The van der Waals surface area contributed by atoms with E-state index >= 15 is 0 Å². The topological polar surface area (TPSA) is 73.3 Å². The van der Waals surface area contributed by atoms with Crippen LogP contribution in [-0.2, 0) is 4.74 Å². The number of rotatable bonds is 4. The van der Waals surface area contributed by atoms with Gasteiger partial charge in [-0.25, -0.2) is 0 Å². The summed E-state index contributed by atoms with van der Waals surface area (Å²) >= 11 is 0. The number of nitrogen functional groups attached to an aromatic ring is 2. The van der Waals surface area contributed by atoms with Crippen LogP contribution in [0.25, 0.3) is 0 Å². The van der Waals surface area contributed by atoms with Crippen molar-refractivity contribution in [1.82, 2.24) is 0 Å². The minimum absolute atomic E-state index is 0.647. The van der Waals surface area contributed by atoms with E-state index in [0.717, 1.165) is 12.2 Å². The molecule has 0 bridgehead atoms. The quantitative estimate of drug-likeness (QED) is 0.477. The monoisotopic (exact) mass is 181 g/mol. The van der Waals surface area contributed by atoms with E-state index in [2.05, 4.69) is 5.32 Å². The summed E-state index contributed by atoms with van der Waals surface area (Å²) in [5.74, 6) is 0. The van der Waals surface area contributed by atoms with Crippen LogP contribution in [0.5, 0.6) is 0 Å². The Morgan fingerprint density at radius 3 is 2.85 bits per heavy atom. The first-order valence-electron chi connectivity index (χ1n) is 4.12. The zero-order valence-corrected chi connectivity index (χ0v) is 7.71. The van der Waals surface area contributed by atoms with Gasteiger partial charge >= 0.3 is 0 Å². The lowest BCUT2D eigenvalue weighted by atomic mass is 10.2. The molecule has 1 aromatic rings. The number of hydrogen-bond acceptors (Lipinski definition) is 4. The van der Waals surface area contributed by atoms with Crippen LogP contribution in [0.2, 0.25) is 0 Å². The lowest BCUT2D eigenvalue weighted by Gasteiger charge is -2.09. The van der Waals surface area contributed by atoms with Crippen molar-refractivity contribution in [3.05, 3.63) is 18.2 Å². The Balaban J connectivity index is 2.59. The van der Waals surface area contributed by atoms with E-state index < -0.39 is 0 Å². The highest BCUT2D eigenvalue weighted by atomic mass is 16.5. The summed E-state index contributed by atoms with van der Waals surface area (Å²) in [5, 5.41) is 3.12. The molecule has 0 aliphatic heterocycles. The summed E-state index contributed by atoms with van der Waals surface area (Å²) < 4.78 is 4.90. The first-order valence-corrected chi connectivity index (χ1v) is 4.12. The van der Waals surface area contributed by atoms with E-state index in [-0.39, 0.29) is 0 Å². The predicted molar refractivity (Wildman–Crippen MR) is 55.6 cm³/mol. The van der Waals surface area contributed by atoms with Crippen LogP contribution in [0.4, 0.5) is 17.1 Å². The van der Waals surface area contributed by atoms with Gasteiger partial charge in [-0.15, -0.1) is 0 Å². The lowest BCUT2D eigenvalue weighted by Crippen LogP contribution is -2.09. The zero-order chi connectivity index (χ0) is 9.68. The van der Waals surface area contributed by atoms with Gasteiger partial charge < -0.3 is 21.5 Å². The average Bonchev–Trinajstić information content (AvgIpc) is 2.11. The summed E-state index contributed by atoms with van der Waals surface area (Å²) in [5.41, 5.74) is 13.6. The van der Waals surface area contributed by atoms with Crippen LogP contribution >= 0.6 is 0 Å². The van der Waals surface area contributed by atoms with Crippen LogP contribution in [-0.4, -0.2) is 20.3 Å². The average molecular weight is 181 g/mol. The fraction of sp³-hybridized carbons (Fsp3) is 0.333. The molecule has 0 heterocycles. The van der Waals surface area contributed by atoms with E-state index in [1.54, 1.807) is 19.2 Å². The molecule has 72 valence electrons. The van der Waals surface area contributed by atoms with Gasteiger partial charge in [0, 0.05) is 19.3 Å². The van der Waals surface area contributed by atoms with E-state index in [9.17, 15) is 0 Å². The van der Waals surface area contributed by atoms with Gasteiger partial charge in [-0.2, -0.15) is 0 Å². The van der Waals surface area contributed by atoms with Crippen molar-refractivity contribution in [2.45, 2.75) is 0 Å². The Bertz CT molecular complexity index is 276. The third-order valence-corrected chi connectivity index (χ3v) is 1.70. The van der Waals surface area contributed by atoms with Crippen molar-refractivity contribution in [2.75, 3.05) is 37.0 Å². The molecule has 13 heavy (non-hydrogen) atoms. The highest BCUT2D eigenvalue weighted by Gasteiger charge is 1.97. The Morgan fingerprint density at radius 2 is 2.15 bits per heavy atom. The van der Waals surface area contributed by atoms with Crippen molar-refractivity contribution in [3.8, 4) is 0 Å². The molecule has 0 aliphatic carbocycles. The maximum atomic E-state index is 5.71. The molecular weight excluding hydrogens is 166 g/mol. The molecule has 0 fully saturated rings. The van der Waals surface area contributed by atoms with Gasteiger partial charge in [0.05, 0.1) is 18.0 Å². The minimum Gasteiger partial charge on any atom is -0.399 e. The standard InChI is InChI=1S/C9H15N3O/c1-13-5-4-12-9-6-7(10)2-3-8(9)11/h2-3,6,12H,4-5,10-11H2,1H3. The largest absolute Gasteiger partial charge is 0.399 e. The molecule has 0 saturated heterocycles. The van der Waals surface area contributed by atoms with Gasteiger partial charge in [-0.1, -0.05) is 0 Å². The Kier molecular flexibility index (Phi) is 3.40. The van der Waals surface area contributed by atoms with Gasteiger partial charge in [-0.05, 0) is 18.2 Å². The number of hydrogen-bond donors (Lipinski definition) is 3. The minimum atomic E-state index is 0.647. The van der Waals surface area contributed by atoms with Gasteiger partial charge in [0.1, 0.15) is 0 Å². The lowest BCUT2D eigenvalue weighted by molar-refractivity contribution is 0.211. The molecule has 4 nitrogen and oxygen atoms in total. The van der Waals surface area contributed by atoms with Crippen molar-refractivity contribution in [1.29, 1.82) is 0 Å². The molecule has 4 heteroatoms. The maximum Gasteiger partial charge on any atom is 0.0635 e. The first-order chi connectivity index (χ1) is 6.24. The molecule has 0 unspecified atom stereocenters. The number of methoxy groups -OCH3 is 1. The van der Waals surface area contributed by atoms with Gasteiger partial charge in [0.2, 0.25) is 0 Å². The van der Waals surface area contributed by atoms with Crippen molar-refractivity contribution in [2.24, 2.45) is 0 Å². The number of benzene rings is 1. The second-order valence-corrected chi connectivity index (χ2v) is 2.77. The van der Waals surface area contributed by atoms with E-state index in [4.69, 9.17) is 16.2 Å². The van der Waals surface area contributed by atoms with Crippen LogP contribution in [0.1, 0.15) is 0 Å². The Hall–Kier alpha value is -1.42. The van der Waals surface area contributed by atoms with Crippen molar-refractivity contribution < 1.29 is 4.74 Å². The van der Waals surface area contributed by atoms with Crippen LogP contribution < -0.4 is 16.8 Å². The number of nitrogens with two attached hydrogens (primary N) is 2. The fourth-order valence-corrected chi connectivity index (χ4v) is 1.01. The molecule has 0 aromatic heterocycles. The third-order valence-electron chi connectivity index (χ3n) is 1.70. The van der Waals surface area contributed by atoms with E-state index in [1.165, 1.54) is 0 Å². The highest BCUT2D eigenvalue weighted by molar-refractivity contribution is 5.70. The maximum absolute atomic E-state index is 5.71. The molecule has 0 spiro atoms. The molecule has 0 amide bonds. The van der Waals surface area contributed by atoms with Crippen LogP contribution in [0, 0.1) is 0 Å². The molecule has 1 aromatic carbocycles.